The number of thioether (sulfide) groups is 1. The van der Waals surface area contributed by atoms with Gasteiger partial charge in [0.05, 0.1) is 22.0 Å². The average Bonchev–Trinajstić information content (AvgIpc) is 3.16. The van der Waals surface area contributed by atoms with E-state index in [4.69, 9.17) is 11.6 Å². The van der Waals surface area contributed by atoms with Crippen LogP contribution in [0, 0.1) is 5.82 Å². The van der Waals surface area contributed by atoms with E-state index in [1.54, 1.807) is 30.3 Å². The number of halogens is 2. The molecule has 0 unspecified atom stereocenters. The number of hydrogen-bond acceptors (Lipinski definition) is 3. The molecule has 1 fully saturated rings. The van der Waals surface area contributed by atoms with Crippen LogP contribution < -0.4 is 10.6 Å². The van der Waals surface area contributed by atoms with Crippen LogP contribution in [0.3, 0.4) is 0 Å². The molecule has 27 heavy (non-hydrogen) atoms. The molecule has 0 saturated heterocycles. The summed E-state index contributed by atoms with van der Waals surface area (Å²) in [5.41, 5.74) is 0.934. The fourth-order valence-electron chi connectivity index (χ4n) is 3.03. The lowest BCUT2D eigenvalue weighted by atomic mass is 10.1. The molecule has 1 aliphatic rings. The number of nitrogens with one attached hydrogen (secondary N) is 2. The zero-order chi connectivity index (χ0) is 19.2. The first-order valence-corrected chi connectivity index (χ1v) is 10.2. The van der Waals surface area contributed by atoms with Crippen LogP contribution in [0.2, 0.25) is 5.02 Å². The third-order valence-corrected chi connectivity index (χ3v) is 5.68. The second-order valence-electron chi connectivity index (χ2n) is 6.41. The molecule has 7 heteroatoms. The Labute approximate surface area is 166 Å². The lowest BCUT2D eigenvalue weighted by Crippen LogP contribution is -2.33. The third-order valence-electron chi connectivity index (χ3n) is 4.40. The average molecular weight is 407 g/mol. The smallest absolute Gasteiger partial charge is 0.253 e. The van der Waals surface area contributed by atoms with Gasteiger partial charge in [0.2, 0.25) is 5.91 Å². The molecular formula is C20H20ClFN2O2S. The number of amides is 2. The Hall–Kier alpha value is -2.05. The second kappa shape index (κ2) is 9.24. The minimum atomic E-state index is -0.493. The van der Waals surface area contributed by atoms with Crippen LogP contribution >= 0.6 is 23.4 Å². The first-order chi connectivity index (χ1) is 13.0. The maximum absolute atomic E-state index is 13.2. The Morgan fingerprint density at radius 1 is 1.15 bits per heavy atom. The molecule has 142 valence electrons. The minimum absolute atomic E-state index is 0.0225. The molecule has 0 bridgehead atoms. The molecule has 0 spiro atoms. The number of anilines is 1. The quantitative estimate of drug-likeness (QED) is 0.672. The monoisotopic (exact) mass is 406 g/mol. The summed E-state index contributed by atoms with van der Waals surface area (Å²) in [6, 6.07) is 11.5. The number of hydrogen-bond donors (Lipinski definition) is 2. The molecule has 0 aliphatic heterocycles. The topological polar surface area (TPSA) is 58.2 Å². The molecule has 0 atom stereocenters. The molecule has 0 aromatic heterocycles. The van der Waals surface area contributed by atoms with E-state index in [0.717, 1.165) is 25.7 Å². The standard InChI is InChI=1S/C20H20ClFN2O2S/c21-16-11-14(9-10-17(16)22)27-12-19(25)24-18-8-4-3-7-15(18)20(26)23-13-5-1-2-6-13/h3-4,7-11,13H,1-2,5-6,12H2,(H,23,26)(H,24,25). The summed E-state index contributed by atoms with van der Waals surface area (Å²) in [5, 5.41) is 5.84. The number of benzene rings is 2. The van der Waals surface area contributed by atoms with Crippen molar-refractivity contribution in [1.29, 1.82) is 0 Å². The first-order valence-electron chi connectivity index (χ1n) is 8.80. The molecule has 4 nitrogen and oxygen atoms in total. The molecule has 2 N–H and O–H groups in total. The summed E-state index contributed by atoms with van der Waals surface area (Å²) in [6.07, 6.45) is 4.26. The summed E-state index contributed by atoms with van der Waals surface area (Å²) in [4.78, 5) is 25.5. The number of carbonyl (C=O) groups is 2. The van der Waals surface area contributed by atoms with E-state index in [1.807, 2.05) is 0 Å². The highest BCUT2D eigenvalue weighted by Gasteiger charge is 2.20. The second-order valence-corrected chi connectivity index (χ2v) is 7.87. The first kappa shape index (κ1) is 19.7. The van der Waals surface area contributed by atoms with Gasteiger partial charge in [0.1, 0.15) is 5.82 Å². The third kappa shape index (κ3) is 5.47. The lowest BCUT2D eigenvalue weighted by molar-refractivity contribution is -0.113. The van der Waals surface area contributed by atoms with Crippen LogP contribution in [-0.4, -0.2) is 23.6 Å². The molecule has 1 saturated carbocycles. The van der Waals surface area contributed by atoms with Gasteiger partial charge in [-0.25, -0.2) is 4.39 Å². The zero-order valence-corrected chi connectivity index (χ0v) is 16.2. The van der Waals surface area contributed by atoms with Gasteiger partial charge in [0.25, 0.3) is 5.91 Å². The van der Waals surface area contributed by atoms with Crippen LogP contribution in [-0.2, 0) is 4.79 Å². The Morgan fingerprint density at radius 3 is 2.63 bits per heavy atom. The number of rotatable bonds is 6. The number of para-hydroxylation sites is 1. The van der Waals surface area contributed by atoms with Crippen molar-refractivity contribution >= 4 is 40.9 Å². The van der Waals surface area contributed by atoms with E-state index >= 15 is 0 Å². The van der Waals surface area contributed by atoms with Gasteiger partial charge in [-0.2, -0.15) is 0 Å². The van der Waals surface area contributed by atoms with E-state index in [9.17, 15) is 14.0 Å². The summed E-state index contributed by atoms with van der Waals surface area (Å²) in [7, 11) is 0. The van der Waals surface area contributed by atoms with Gasteiger partial charge in [-0.15, -0.1) is 11.8 Å². The predicted octanol–water partition coefficient (Wildman–Crippen LogP) is 4.88. The van der Waals surface area contributed by atoms with E-state index in [1.165, 1.54) is 23.9 Å². The van der Waals surface area contributed by atoms with E-state index < -0.39 is 5.82 Å². The van der Waals surface area contributed by atoms with Crippen molar-refractivity contribution < 1.29 is 14.0 Å². The molecule has 2 amide bonds. The summed E-state index contributed by atoms with van der Waals surface area (Å²) in [5.74, 6) is -0.786. The molecule has 0 radical (unpaired) electrons. The van der Waals surface area contributed by atoms with Crippen molar-refractivity contribution in [3.05, 3.63) is 58.9 Å². The van der Waals surface area contributed by atoms with Gasteiger partial charge in [0, 0.05) is 10.9 Å². The highest BCUT2D eigenvalue weighted by Crippen LogP contribution is 2.25. The van der Waals surface area contributed by atoms with Crippen LogP contribution in [0.5, 0.6) is 0 Å². The maximum Gasteiger partial charge on any atom is 0.253 e. The Morgan fingerprint density at radius 2 is 1.89 bits per heavy atom. The van der Waals surface area contributed by atoms with Crippen molar-refractivity contribution in [1.82, 2.24) is 5.32 Å². The number of carbonyl (C=O) groups excluding carboxylic acids is 2. The van der Waals surface area contributed by atoms with Crippen LogP contribution in [0.4, 0.5) is 10.1 Å². The molecule has 0 heterocycles. The highest BCUT2D eigenvalue weighted by atomic mass is 35.5. The van der Waals surface area contributed by atoms with Crippen molar-refractivity contribution in [2.45, 2.75) is 36.6 Å². The molecular weight excluding hydrogens is 387 g/mol. The van der Waals surface area contributed by atoms with Crippen molar-refractivity contribution in [2.24, 2.45) is 0 Å². The van der Waals surface area contributed by atoms with Crippen molar-refractivity contribution in [3.8, 4) is 0 Å². The van der Waals surface area contributed by atoms with Gasteiger partial charge < -0.3 is 10.6 Å². The molecule has 1 aliphatic carbocycles. The fourth-order valence-corrected chi connectivity index (χ4v) is 4.01. The largest absolute Gasteiger partial charge is 0.349 e. The molecule has 2 aromatic rings. The van der Waals surface area contributed by atoms with Gasteiger partial charge >= 0.3 is 0 Å². The van der Waals surface area contributed by atoms with E-state index in [2.05, 4.69) is 10.6 Å². The van der Waals surface area contributed by atoms with Gasteiger partial charge in [0.15, 0.2) is 0 Å². The van der Waals surface area contributed by atoms with Gasteiger partial charge in [-0.1, -0.05) is 36.6 Å². The molecule has 3 rings (SSSR count). The zero-order valence-electron chi connectivity index (χ0n) is 14.6. The van der Waals surface area contributed by atoms with Crippen molar-refractivity contribution in [3.63, 3.8) is 0 Å². The van der Waals surface area contributed by atoms with Crippen LogP contribution in [0.25, 0.3) is 0 Å². The lowest BCUT2D eigenvalue weighted by Gasteiger charge is -2.15. The van der Waals surface area contributed by atoms with Crippen LogP contribution in [0.1, 0.15) is 36.0 Å². The minimum Gasteiger partial charge on any atom is -0.349 e. The predicted molar refractivity (Wildman–Crippen MR) is 107 cm³/mol. The van der Waals surface area contributed by atoms with Gasteiger partial charge in [-0.05, 0) is 43.2 Å². The van der Waals surface area contributed by atoms with Gasteiger partial charge in [-0.3, -0.25) is 9.59 Å². The molecule has 2 aromatic carbocycles. The maximum atomic E-state index is 13.2. The normalized spacial score (nSPS) is 14.1. The Kier molecular flexibility index (Phi) is 6.74. The Balaban J connectivity index is 1.60. The highest BCUT2D eigenvalue weighted by molar-refractivity contribution is 8.00. The van der Waals surface area contributed by atoms with E-state index in [-0.39, 0.29) is 28.6 Å². The Bertz CT molecular complexity index is 840. The van der Waals surface area contributed by atoms with E-state index in [0.29, 0.717) is 16.1 Å². The van der Waals surface area contributed by atoms with Crippen molar-refractivity contribution in [2.75, 3.05) is 11.1 Å². The summed E-state index contributed by atoms with van der Waals surface area (Å²) in [6.45, 7) is 0. The summed E-state index contributed by atoms with van der Waals surface area (Å²) >= 11 is 7.00. The van der Waals surface area contributed by atoms with Crippen LogP contribution in [0.15, 0.2) is 47.4 Å². The SMILES string of the molecule is O=C(CSc1ccc(F)c(Cl)c1)Nc1ccccc1C(=O)NC1CCCC1. The summed E-state index contributed by atoms with van der Waals surface area (Å²) < 4.78 is 13.2. The fraction of sp³-hybridized carbons (Fsp3) is 0.300.